The van der Waals surface area contributed by atoms with Crippen LogP contribution in [0.2, 0.25) is 0 Å². The van der Waals surface area contributed by atoms with E-state index in [4.69, 9.17) is 5.53 Å². The molecule has 0 aliphatic carbocycles. The summed E-state index contributed by atoms with van der Waals surface area (Å²) in [6.45, 7) is 5.17. The Bertz CT molecular complexity index is 367. The molecule has 0 spiro atoms. The Labute approximate surface area is 82.1 Å². The number of anilines is 1. The summed E-state index contributed by atoms with van der Waals surface area (Å²) in [5.41, 5.74) is 8.43. The highest BCUT2D eigenvalue weighted by Gasteiger charge is 2.01. The normalized spacial score (nSPS) is 9.21. The van der Waals surface area contributed by atoms with E-state index < -0.39 is 0 Å². The van der Waals surface area contributed by atoms with Crippen molar-refractivity contribution >= 4 is 17.3 Å². The fraction of sp³-hybridized carbons (Fsp3) is 0.100. The molecule has 0 atom stereocenters. The number of rotatable bonds is 3. The zero-order valence-electron chi connectivity index (χ0n) is 7.87. The third-order valence-corrected chi connectivity index (χ3v) is 1.64. The number of nitrogens with zero attached hydrogens (tertiary/aromatic N) is 1. The lowest BCUT2D eigenvalue weighted by molar-refractivity contribution is -0.112. The number of carbonyl (C=O) groups excluding carboxylic acids is 1. The zero-order chi connectivity index (χ0) is 10.6. The van der Waals surface area contributed by atoms with Crippen LogP contribution >= 0.6 is 0 Å². The average Bonchev–Trinajstić information content (AvgIpc) is 2.19. The first-order valence-electron chi connectivity index (χ1n) is 4.08. The van der Waals surface area contributed by atoms with Crippen LogP contribution in [-0.2, 0) is 4.79 Å². The molecule has 2 N–H and O–H groups in total. The van der Waals surface area contributed by atoms with Crippen LogP contribution in [0, 0.1) is 5.53 Å². The number of hydrogen-bond donors (Lipinski definition) is 2. The Morgan fingerprint density at radius 2 is 2.00 bits per heavy atom. The smallest absolute Gasteiger partial charge is 0.250 e. The summed E-state index contributed by atoms with van der Waals surface area (Å²) in [6.07, 6.45) is 0. The standard InChI is InChI=1S/C10H11N3O/c1-7(2)10(14)12-8-3-5-9(13-11)6-4-8/h3-6,11H,1H2,2H3,(H,12,14). The van der Waals surface area contributed by atoms with Crippen molar-refractivity contribution in [3.63, 3.8) is 0 Å². The van der Waals surface area contributed by atoms with Gasteiger partial charge in [0.2, 0.25) is 0 Å². The van der Waals surface area contributed by atoms with Crippen LogP contribution in [0.1, 0.15) is 6.92 Å². The Morgan fingerprint density at radius 1 is 1.43 bits per heavy atom. The molecule has 0 aliphatic heterocycles. The van der Waals surface area contributed by atoms with Crippen molar-refractivity contribution < 1.29 is 4.79 Å². The predicted octanol–water partition coefficient (Wildman–Crippen LogP) is 2.86. The maximum absolute atomic E-state index is 11.2. The van der Waals surface area contributed by atoms with E-state index in [9.17, 15) is 4.79 Å². The zero-order valence-corrected chi connectivity index (χ0v) is 7.87. The van der Waals surface area contributed by atoms with E-state index in [0.717, 1.165) is 0 Å². The van der Waals surface area contributed by atoms with Crippen LogP contribution in [0.3, 0.4) is 0 Å². The molecule has 72 valence electrons. The SMILES string of the molecule is C=C(C)C(=O)Nc1ccc(N=N)cc1. The van der Waals surface area contributed by atoms with E-state index in [0.29, 0.717) is 16.9 Å². The van der Waals surface area contributed by atoms with Gasteiger partial charge in [-0.2, -0.15) is 5.11 Å². The third-order valence-electron chi connectivity index (χ3n) is 1.64. The quantitative estimate of drug-likeness (QED) is 0.557. The minimum atomic E-state index is -0.208. The Hall–Kier alpha value is -1.97. The highest BCUT2D eigenvalue weighted by atomic mass is 16.1. The van der Waals surface area contributed by atoms with E-state index in [1.54, 1.807) is 31.2 Å². The Kier molecular flexibility index (Phi) is 3.12. The van der Waals surface area contributed by atoms with Gasteiger partial charge in [-0.25, -0.2) is 5.53 Å². The van der Waals surface area contributed by atoms with E-state index in [1.807, 2.05) is 0 Å². The van der Waals surface area contributed by atoms with Gasteiger partial charge in [0.1, 0.15) is 0 Å². The van der Waals surface area contributed by atoms with Crippen LogP contribution in [0.25, 0.3) is 0 Å². The van der Waals surface area contributed by atoms with Gasteiger partial charge >= 0.3 is 0 Å². The topological polar surface area (TPSA) is 65.3 Å². The maximum atomic E-state index is 11.2. The molecule has 0 bridgehead atoms. The highest BCUT2D eigenvalue weighted by Crippen LogP contribution is 2.15. The summed E-state index contributed by atoms with van der Waals surface area (Å²) < 4.78 is 0. The fourth-order valence-corrected chi connectivity index (χ4v) is 0.857. The molecule has 0 aliphatic rings. The van der Waals surface area contributed by atoms with Gasteiger partial charge < -0.3 is 5.32 Å². The molecule has 0 aromatic heterocycles. The van der Waals surface area contributed by atoms with Crippen LogP contribution in [0.15, 0.2) is 41.5 Å². The summed E-state index contributed by atoms with van der Waals surface area (Å²) in [5.74, 6) is -0.208. The van der Waals surface area contributed by atoms with Crippen molar-refractivity contribution in [1.29, 1.82) is 5.53 Å². The molecule has 1 aromatic rings. The molecule has 4 nitrogen and oxygen atoms in total. The van der Waals surface area contributed by atoms with Crippen molar-refractivity contribution in [3.05, 3.63) is 36.4 Å². The number of amides is 1. The second-order valence-electron chi connectivity index (χ2n) is 2.89. The maximum Gasteiger partial charge on any atom is 0.250 e. The van der Waals surface area contributed by atoms with Crippen LogP contribution in [0.5, 0.6) is 0 Å². The van der Waals surface area contributed by atoms with E-state index in [2.05, 4.69) is 17.0 Å². The summed E-state index contributed by atoms with van der Waals surface area (Å²) in [7, 11) is 0. The van der Waals surface area contributed by atoms with Gasteiger partial charge in [0.15, 0.2) is 0 Å². The van der Waals surface area contributed by atoms with Gasteiger partial charge in [-0.3, -0.25) is 4.79 Å². The molecule has 0 saturated heterocycles. The third kappa shape index (κ3) is 2.52. The summed E-state index contributed by atoms with van der Waals surface area (Å²) in [5, 5.41) is 5.90. The van der Waals surface area contributed by atoms with E-state index in [-0.39, 0.29) is 5.91 Å². The molecule has 1 amide bonds. The van der Waals surface area contributed by atoms with Crippen molar-refractivity contribution in [3.8, 4) is 0 Å². The second kappa shape index (κ2) is 4.32. The minimum absolute atomic E-state index is 0.208. The largest absolute Gasteiger partial charge is 0.322 e. The molecular weight excluding hydrogens is 178 g/mol. The number of nitrogens with one attached hydrogen (secondary N) is 2. The average molecular weight is 189 g/mol. The molecule has 0 heterocycles. The molecule has 0 radical (unpaired) electrons. The van der Waals surface area contributed by atoms with Gasteiger partial charge in [-0.1, -0.05) is 6.58 Å². The first kappa shape index (κ1) is 10.1. The summed E-state index contributed by atoms with van der Waals surface area (Å²) in [4.78, 5) is 11.2. The molecule has 4 heteroatoms. The summed E-state index contributed by atoms with van der Waals surface area (Å²) >= 11 is 0. The second-order valence-corrected chi connectivity index (χ2v) is 2.89. The molecule has 1 rings (SSSR count). The van der Waals surface area contributed by atoms with E-state index in [1.165, 1.54) is 0 Å². The van der Waals surface area contributed by atoms with Crippen LogP contribution < -0.4 is 5.32 Å². The van der Waals surface area contributed by atoms with Crippen molar-refractivity contribution in [2.24, 2.45) is 5.11 Å². The number of hydrogen-bond acceptors (Lipinski definition) is 3. The lowest BCUT2D eigenvalue weighted by Gasteiger charge is -2.03. The Balaban J connectivity index is 2.73. The molecule has 1 aromatic carbocycles. The highest BCUT2D eigenvalue weighted by molar-refractivity contribution is 6.02. The lowest BCUT2D eigenvalue weighted by Crippen LogP contribution is -2.11. The monoisotopic (exact) mass is 189 g/mol. The molecule has 14 heavy (non-hydrogen) atoms. The number of carbonyl (C=O) groups is 1. The van der Waals surface area contributed by atoms with Crippen LogP contribution in [-0.4, -0.2) is 5.91 Å². The van der Waals surface area contributed by atoms with Crippen molar-refractivity contribution in [1.82, 2.24) is 0 Å². The van der Waals surface area contributed by atoms with Gasteiger partial charge in [-0.15, -0.1) is 0 Å². The molecular formula is C10H11N3O. The van der Waals surface area contributed by atoms with Crippen molar-refractivity contribution in [2.75, 3.05) is 5.32 Å². The first-order chi connectivity index (χ1) is 6.63. The summed E-state index contributed by atoms with van der Waals surface area (Å²) in [6, 6.07) is 6.69. The first-order valence-corrected chi connectivity index (χ1v) is 4.08. The van der Waals surface area contributed by atoms with Gasteiger partial charge in [-0.05, 0) is 31.2 Å². The van der Waals surface area contributed by atoms with Crippen LogP contribution in [0.4, 0.5) is 11.4 Å². The lowest BCUT2D eigenvalue weighted by atomic mass is 10.2. The Morgan fingerprint density at radius 3 is 2.43 bits per heavy atom. The van der Waals surface area contributed by atoms with E-state index >= 15 is 0 Å². The predicted molar refractivity (Wildman–Crippen MR) is 54.7 cm³/mol. The molecule has 0 fully saturated rings. The molecule has 0 unspecified atom stereocenters. The fourth-order valence-electron chi connectivity index (χ4n) is 0.857. The molecule has 0 saturated carbocycles. The van der Waals surface area contributed by atoms with Gasteiger partial charge in [0.25, 0.3) is 5.91 Å². The van der Waals surface area contributed by atoms with Gasteiger partial charge in [0, 0.05) is 11.3 Å². The number of benzene rings is 1. The van der Waals surface area contributed by atoms with Crippen molar-refractivity contribution in [2.45, 2.75) is 6.92 Å². The van der Waals surface area contributed by atoms with Gasteiger partial charge in [0.05, 0.1) is 5.69 Å². The minimum Gasteiger partial charge on any atom is -0.322 e.